The lowest BCUT2D eigenvalue weighted by Gasteiger charge is -2.38. The van der Waals surface area contributed by atoms with E-state index in [0.717, 1.165) is 47.0 Å². The Bertz CT molecular complexity index is 1230. The number of allylic oxidation sites excluding steroid dienone is 1. The van der Waals surface area contributed by atoms with Crippen molar-refractivity contribution >= 4 is 28.4 Å². The zero-order chi connectivity index (χ0) is 24.5. The van der Waals surface area contributed by atoms with Gasteiger partial charge in [-0.3, -0.25) is 0 Å². The van der Waals surface area contributed by atoms with E-state index in [-0.39, 0.29) is 16.6 Å². The van der Waals surface area contributed by atoms with Crippen LogP contribution < -0.4 is 10.1 Å². The standard InChI is InChI=1S/C29H30ClFN2O2/c1-3-19-16-33(17-19)15-14-32-23-10-6-21(7-11-23)29-26(20-4-8-22(31)9-5-20)18(2)27-25(35-29)13-12-24(34)28(27)30/h4-13,19,29,32,34H,3,14-17H2,1-2H3/t29-/m1/s1. The number of rotatable bonds is 7. The second-order valence-corrected chi connectivity index (χ2v) is 9.78. The van der Waals surface area contributed by atoms with Gasteiger partial charge in [-0.2, -0.15) is 0 Å². The van der Waals surface area contributed by atoms with Crippen molar-refractivity contribution in [2.45, 2.75) is 26.4 Å². The monoisotopic (exact) mass is 492 g/mol. The molecule has 0 unspecified atom stereocenters. The summed E-state index contributed by atoms with van der Waals surface area (Å²) in [6, 6.07) is 17.9. The highest BCUT2D eigenvalue weighted by Crippen LogP contribution is 2.50. The Labute approximate surface area is 211 Å². The second-order valence-electron chi connectivity index (χ2n) is 9.40. The molecule has 5 rings (SSSR count). The van der Waals surface area contributed by atoms with Gasteiger partial charge >= 0.3 is 0 Å². The van der Waals surface area contributed by atoms with Crippen LogP contribution in [0.5, 0.6) is 11.5 Å². The molecule has 1 atom stereocenters. The number of hydrogen-bond acceptors (Lipinski definition) is 4. The zero-order valence-corrected chi connectivity index (χ0v) is 20.8. The van der Waals surface area contributed by atoms with Crippen LogP contribution in [-0.4, -0.2) is 36.2 Å². The molecule has 35 heavy (non-hydrogen) atoms. The third-order valence-electron chi connectivity index (χ3n) is 7.11. The van der Waals surface area contributed by atoms with Crippen LogP contribution >= 0.6 is 11.6 Å². The summed E-state index contributed by atoms with van der Waals surface area (Å²) in [6.45, 7) is 8.59. The molecule has 0 saturated carbocycles. The molecule has 2 heterocycles. The number of anilines is 1. The first-order valence-electron chi connectivity index (χ1n) is 12.2. The first-order chi connectivity index (χ1) is 16.9. The topological polar surface area (TPSA) is 44.7 Å². The summed E-state index contributed by atoms with van der Waals surface area (Å²) < 4.78 is 20.1. The van der Waals surface area contributed by atoms with Gasteiger partial charge in [-0.05, 0) is 65.9 Å². The number of likely N-dealkylation sites (tertiary alicyclic amines) is 1. The molecule has 4 nitrogen and oxygen atoms in total. The van der Waals surface area contributed by atoms with Crippen molar-refractivity contribution in [3.63, 3.8) is 0 Å². The number of nitrogens with zero attached hydrogens (tertiary/aromatic N) is 1. The first-order valence-corrected chi connectivity index (χ1v) is 12.5. The maximum atomic E-state index is 13.7. The van der Waals surface area contributed by atoms with Crippen LogP contribution in [0.3, 0.4) is 0 Å². The first kappa shape index (κ1) is 23.7. The molecular weight excluding hydrogens is 463 g/mol. The summed E-state index contributed by atoms with van der Waals surface area (Å²) >= 11 is 6.46. The van der Waals surface area contributed by atoms with Crippen molar-refractivity contribution in [1.82, 2.24) is 4.90 Å². The molecule has 1 fully saturated rings. The van der Waals surface area contributed by atoms with Gasteiger partial charge in [-0.15, -0.1) is 0 Å². The number of phenols is 1. The lowest BCUT2D eigenvalue weighted by Crippen LogP contribution is -2.47. The average Bonchev–Trinajstić information content (AvgIpc) is 2.84. The van der Waals surface area contributed by atoms with Crippen molar-refractivity contribution in [1.29, 1.82) is 0 Å². The Morgan fingerprint density at radius 2 is 1.77 bits per heavy atom. The molecule has 0 aromatic heterocycles. The third-order valence-corrected chi connectivity index (χ3v) is 7.49. The van der Waals surface area contributed by atoms with Gasteiger partial charge in [0.15, 0.2) is 0 Å². The molecule has 2 aliphatic rings. The van der Waals surface area contributed by atoms with Crippen LogP contribution in [0.15, 0.2) is 60.7 Å². The van der Waals surface area contributed by atoms with Gasteiger partial charge in [-0.25, -0.2) is 4.39 Å². The largest absolute Gasteiger partial charge is 0.506 e. The molecule has 6 heteroatoms. The Morgan fingerprint density at radius 3 is 2.46 bits per heavy atom. The normalized spacial score (nSPS) is 18.1. The Balaban J connectivity index is 1.40. The van der Waals surface area contributed by atoms with Crippen molar-refractivity contribution in [3.05, 3.63) is 88.2 Å². The summed E-state index contributed by atoms with van der Waals surface area (Å²) in [5.74, 6) is 1.18. The maximum Gasteiger partial charge on any atom is 0.150 e. The van der Waals surface area contributed by atoms with E-state index in [2.05, 4.69) is 41.4 Å². The predicted molar refractivity (Wildman–Crippen MR) is 141 cm³/mol. The Kier molecular flexibility index (Phi) is 6.72. The molecular formula is C29H30ClFN2O2. The minimum Gasteiger partial charge on any atom is -0.506 e. The number of aromatic hydroxyl groups is 1. The molecule has 0 amide bonds. The van der Waals surface area contributed by atoms with Gasteiger partial charge in [0, 0.05) is 43.0 Å². The van der Waals surface area contributed by atoms with Crippen LogP contribution in [-0.2, 0) is 0 Å². The molecule has 1 saturated heterocycles. The fourth-order valence-electron chi connectivity index (χ4n) is 5.00. The number of hydrogen-bond donors (Lipinski definition) is 2. The van der Waals surface area contributed by atoms with Gasteiger partial charge in [0.25, 0.3) is 0 Å². The quantitative estimate of drug-likeness (QED) is 0.372. The molecule has 0 radical (unpaired) electrons. The molecule has 3 aromatic carbocycles. The molecule has 2 aliphatic heterocycles. The minimum absolute atomic E-state index is 0.00384. The number of fused-ring (bicyclic) bond motifs is 1. The van der Waals surface area contributed by atoms with E-state index in [4.69, 9.17) is 16.3 Å². The van der Waals surface area contributed by atoms with Gasteiger partial charge in [0.05, 0.1) is 5.02 Å². The number of ether oxygens (including phenoxy) is 1. The van der Waals surface area contributed by atoms with E-state index >= 15 is 0 Å². The van der Waals surface area contributed by atoms with Crippen LogP contribution in [0.1, 0.15) is 43.1 Å². The van der Waals surface area contributed by atoms with Gasteiger partial charge in [0.2, 0.25) is 0 Å². The lowest BCUT2D eigenvalue weighted by molar-refractivity contribution is 0.103. The smallest absolute Gasteiger partial charge is 0.150 e. The van der Waals surface area contributed by atoms with Crippen LogP contribution in [0.2, 0.25) is 5.02 Å². The van der Waals surface area contributed by atoms with Crippen molar-refractivity contribution in [2.75, 3.05) is 31.5 Å². The van der Waals surface area contributed by atoms with Crippen molar-refractivity contribution in [2.24, 2.45) is 5.92 Å². The number of nitrogens with one attached hydrogen (secondary N) is 1. The fraction of sp³-hybridized carbons (Fsp3) is 0.310. The molecule has 2 N–H and O–H groups in total. The van der Waals surface area contributed by atoms with Gasteiger partial charge in [0.1, 0.15) is 23.4 Å². The summed E-state index contributed by atoms with van der Waals surface area (Å²) in [4.78, 5) is 2.48. The summed E-state index contributed by atoms with van der Waals surface area (Å²) in [5, 5.41) is 13.9. The van der Waals surface area contributed by atoms with E-state index in [9.17, 15) is 9.50 Å². The van der Waals surface area contributed by atoms with Crippen LogP contribution in [0.25, 0.3) is 11.1 Å². The average molecular weight is 493 g/mol. The molecule has 0 spiro atoms. The highest BCUT2D eigenvalue weighted by molar-refractivity contribution is 6.34. The highest BCUT2D eigenvalue weighted by atomic mass is 35.5. The minimum atomic E-state index is -0.394. The van der Waals surface area contributed by atoms with Gasteiger partial charge < -0.3 is 20.1 Å². The van der Waals surface area contributed by atoms with E-state index in [1.165, 1.54) is 31.6 Å². The number of benzene rings is 3. The summed E-state index contributed by atoms with van der Waals surface area (Å²) in [6.07, 6.45) is 0.870. The van der Waals surface area contributed by atoms with Crippen molar-refractivity contribution < 1.29 is 14.2 Å². The van der Waals surface area contributed by atoms with Crippen LogP contribution in [0.4, 0.5) is 10.1 Å². The summed E-state index contributed by atoms with van der Waals surface area (Å²) in [7, 11) is 0. The maximum absolute atomic E-state index is 13.7. The molecule has 182 valence electrons. The lowest BCUT2D eigenvalue weighted by atomic mass is 9.86. The number of halogens is 2. The van der Waals surface area contributed by atoms with Crippen LogP contribution in [0, 0.1) is 11.7 Å². The SMILES string of the molecule is CCC1CN(CCNc2ccc([C@H]3Oc4ccc(O)c(Cl)c4C(C)=C3c3ccc(F)cc3)cc2)C1. The van der Waals surface area contributed by atoms with E-state index in [0.29, 0.717) is 11.3 Å². The molecule has 0 aliphatic carbocycles. The van der Waals surface area contributed by atoms with E-state index in [1.807, 2.05) is 6.92 Å². The molecule has 0 bridgehead atoms. The Hall–Kier alpha value is -3.02. The fourth-order valence-corrected chi connectivity index (χ4v) is 5.29. The Morgan fingerprint density at radius 1 is 1.06 bits per heavy atom. The predicted octanol–water partition coefficient (Wildman–Crippen LogP) is 7.00. The van der Waals surface area contributed by atoms with Gasteiger partial charge in [-0.1, -0.05) is 49.2 Å². The van der Waals surface area contributed by atoms with E-state index in [1.54, 1.807) is 24.3 Å². The second kappa shape index (κ2) is 9.92. The summed E-state index contributed by atoms with van der Waals surface area (Å²) in [5.41, 5.74) is 5.35. The van der Waals surface area contributed by atoms with Crippen molar-refractivity contribution in [3.8, 4) is 11.5 Å². The number of phenolic OH excluding ortho intramolecular Hbond substituents is 1. The van der Waals surface area contributed by atoms with E-state index < -0.39 is 6.10 Å². The molecule has 3 aromatic rings. The highest BCUT2D eigenvalue weighted by Gasteiger charge is 2.31. The zero-order valence-electron chi connectivity index (χ0n) is 20.0. The third kappa shape index (κ3) is 4.75.